The van der Waals surface area contributed by atoms with E-state index in [9.17, 15) is 13.2 Å². The molecule has 0 amide bonds. The van der Waals surface area contributed by atoms with Crippen molar-refractivity contribution in [2.24, 2.45) is 11.1 Å². The van der Waals surface area contributed by atoms with Gasteiger partial charge in [0.1, 0.15) is 6.54 Å². The van der Waals surface area contributed by atoms with Crippen molar-refractivity contribution in [2.45, 2.75) is 20.8 Å². The Morgan fingerprint density at radius 2 is 2.00 bits per heavy atom. The summed E-state index contributed by atoms with van der Waals surface area (Å²) in [6, 6.07) is 0. The van der Waals surface area contributed by atoms with Gasteiger partial charge >= 0.3 is 5.97 Å². The van der Waals surface area contributed by atoms with E-state index >= 15 is 0 Å². The van der Waals surface area contributed by atoms with Gasteiger partial charge in [0, 0.05) is 6.54 Å². The van der Waals surface area contributed by atoms with E-state index in [1.54, 1.807) is 6.92 Å². The van der Waals surface area contributed by atoms with Crippen molar-refractivity contribution in [2.75, 3.05) is 19.7 Å². The summed E-state index contributed by atoms with van der Waals surface area (Å²) in [6.07, 6.45) is 0. The summed E-state index contributed by atoms with van der Waals surface area (Å²) in [4.78, 5) is 11.1. The number of nitrogens with two attached hydrogens (primary N) is 1. The summed E-state index contributed by atoms with van der Waals surface area (Å²) >= 11 is 0. The minimum atomic E-state index is -3.84. The Morgan fingerprint density at radius 1 is 1.47 bits per heavy atom. The van der Waals surface area contributed by atoms with E-state index in [0.29, 0.717) is 0 Å². The maximum Gasteiger partial charge on any atom is 0.321 e. The molecule has 0 aromatic carbocycles. The molecule has 90 valence electrons. The second-order valence-electron chi connectivity index (χ2n) is 3.54. The molecule has 7 heteroatoms. The average Bonchev–Trinajstić information content (AvgIpc) is 2.00. The van der Waals surface area contributed by atoms with Crippen LogP contribution in [0, 0.1) is 5.92 Å². The first kappa shape index (κ1) is 14.3. The van der Waals surface area contributed by atoms with E-state index < -0.39 is 16.2 Å². The molecule has 0 heterocycles. The van der Waals surface area contributed by atoms with E-state index in [1.165, 1.54) is 0 Å². The molecule has 0 aromatic heterocycles. The van der Waals surface area contributed by atoms with E-state index in [4.69, 9.17) is 5.14 Å². The van der Waals surface area contributed by atoms with Crippen LogP contribution in [0.3, 0.4) is 0 Å². The largest absolute Gasteiger partial charge is 0.465 e. The molecule has 0 saturated carbocycles. The number of rotatable bonds is 6. The number of esters is 1. The van der Waals surface area contributed by atoms with Gasteiger partial charge in [0.2, 0.25) is 0 Å². The summed E-state index contributed by atoms with van der Waals surface area (Å²) in [5.41, 5.74) is 0. The van der Waals surface area contributed by atoms with Gasteiger partial charge in [-0.1, -0.05) is 13.8 Å². The Hall–Kier alpha value is -0.660. The topological polar surface area (TPSA) is 89.7 Å². The molecular weight excluding hydrogens is 220 g/mol. The smallest absolute Gasteiger partial charge is 0.321 e. The van der Waals surface area contributed by atoms with Gasteiger partial charge in [0.15, 0.2) is 0 Å². The lowest BCUT2D eigenvalue weighted by Crippen LogP contribution is -2.42. The molecule has 0 fully saturated rings. The van der Waals surface area contributed by atoms with E-state index in [2.05, 4.69) is 4.74 Å². The molecule has 0 aliphatic carbocycles. The zero-order chi connectivity index (χ0) is 12.1. The summed E-state index contributed by atoms with van der Waals surface area (Å²) in [5.74, 6) is -0.495. The predicted octanol–water partition coefficient (Wildman–Crippen LogP) is -0.289. The number of hydrogen-bond acceptors (Lipinski definition) is 4. The third-order valence-corrected chi connectivity index (χ3v) is 2.54. The van der Waals surface area contributed by atoms with Crippen molar-refractivity contribution in [1.29, 1.82) is 0 Å². The zero-order valence-electron chi connectivity index (χ0n) is 9.26. The van der Waals surface area contributed by atoms with Crippen molar-refractivity contribution >= 4 is 16.2 Å². The minimum Gasteiger partial charge on any atom is -0.465 e. The molecule has 0 aromatic rings. The molecule has 15 heavy (non-hydrogen) atoms. The van der Waals surface area contributed by atoms with Gasteiger partial charge in [-0.15, -0.1) is 0 Å². The summed E-state index contributed by atoms with van der Waals surface area (Å²) < 4.78 is 27.8. The molecule has 0 bridgehead atoms. The highest BCUT2D eigenvalue weighted by Gasteiger charge is 2.22. The van der Waals surface area contributed by atoms with Crippen molar-refractivity contribution in [3.8, 4) is 0 Å². The first-order valence-electron chi connectivity index (χ1n) is 4.70. The maximum absolute atomic E-state index is 11.1. The maximum atomic E-state index is 11.1. The Labute approximate surface area is 90.6 Å². The zero-order valence-corrected chi connectivity index (χ0v) is 10.1. The van der Waals surface area contributed by atoms with Crippen molar-refractivity contribution in [3.63, 3.8) is 0 Å². The Bertz CT molecular complexity index is 300. The fourth-order valence-corrected chi connectivity index (χ4v) is 1.81. The quantitative estimate of drug-likeness (QED) is 0.644. The molecular formula is C8H18N2O4S. The highest BCUT2D eigenvalue weighted by atomic mass is 32.2. The van der Waals surface area contributed by atoms with Crippen LogP contribution < -0.4 is 5.14 Å². The van der Waals surface area contributed by atoms with Crippen LogP contribution in [0.2, 0.25) is 0 Å². The van der Waals surface area contributed by atoms with Crippen LogP contribution in [0.4, 0.5) is 0 Å². The molecule has 0 spiro atoms. The van der Waals surface area contributed by atoms with Gasteiger partial charge in [0.05, 0.1) is 6.61 Å². The minimum absolute atomic E-state index is 0.0951. The number of hydrogen-bond donors (Lipinski definition) is 1. The van der Waals surface area contributed by atoms with Crippen LogP contribution in [0.15, 0.2) is 0 Å². The Morgan fingerprint density at radius 3 is 2.33 bits per heavy atom. The van der Waals surface area contributed by atoms with Gasteiger partial charge in [-0.05, 0) is 12.8 Å². The molecule has 0 radical (unpaired) electrons. The third-order valence-electron chi connectivity index (χ3n) is 1.54. The van der Waals surface area contributed by atoms with Crippen LogP contribution in [0.25, 0.3) is 0 Å². The van der Waals surface area contributed by atoms with Crippen LogP contribution in [-0.2, 0) is 19.7 Å². The Balaban J connectivity index is 4.46. The van der Waals surface area contributed by atoms with Crippen molar-refractivity contribution in [3.05, 3.63) is 0 Å². The van der Waals surface area contributed by atoms with Gasteiger partial charge in [0.25, 0.3) is 10.2 Å². The monoisotopic (exact) mass is 238 g/mol. The molecule has 0 rings (SSSR count). The van der Waals surface area contributed by atoms with Gasteiger partial charge in [-0.2, -0.15) is 12.7 Å². The van der Waals surface area contributed by atoms with Gasteiger partial charge < -0.3 is 4.74 Å². The van der Waals surface area contributed by atoms with Gasteiger partial charge in [-0.3, -0.25) is 4.79 Å². The molecule has 0 atom stereocenters. The lowest BCUT2D eigenvalue weighted by molar-refractivity contribution is -0.143. The molecule has 0 unspecified atom stereocenters. The standard InChI is InChI=1S/C8H18N2O4S/c1-4-14-8(11)6-10(5-7(2)3)15(9,12)13/h7H,4-6H2,1-3H3,(H2,9,12,13). The fourth-order valence-electron chi connectivity index (χ4n) is 1.02. The van der Waals surface area contributed by atoms with Gasteiger partial charge in [-0.25, -0.2) is 5.14 Å². The molecule has 0 aliphatic rings. The van der Waals surface area contributed by atoms with Crippen LogP contribution in [-0.4, -0.2) is 38.4 Å². The number of carbonyl (C=O) groups is 1. The predicted molar refractivity (Wildman–Crippen MR) is 56.2 cm³/mol. The fraction of sp³-hybridized carbons (Fsp3) is 0.875. The number of nitrogens with zero attached hydrogens (tertiary/aromatic N) is 1. The first-order valence-corrected chi connectivity index (χ1v) is 6.21. The summed E-state index contributed by atoms with van der Waals surface area (Å²) in [7, 11) is -3.84. The van der Waals surface area contributed by atoms with Crippen LogP contribution >= 0.6 is 0 Å². The lowest BCUT2D eigenvalue weighted by Gasteiger charge is -2.20. The average molecular weight is 238 g/mol. The summed E-state index contributed by atoms with van der Waals surface area (Å²) in [6.45, 7) is 5.43. The molecule has 6 nitrogen and oxygen atoms in total. The first-order chi connectivity index (χ1) is 6.77. The van der Waals surface area contributed by atoms with E-state index in [1.807, 2.05) is 13.8 Å². The highest BCUT2D eigenvalue weighted by molar-refractivity contribution is 7.86. The summed E-state index contributed by atoms with van der Waals surface area (Å²) in [5, 5.41) is 4.96. The second kappa shape index (κ2) is 6.04. The normalized spacial score (nSPS) is 12.1. The number of ether oxygens (including phenoxy) is 1. The number of carbonyl (C=O) groups excluding carboxylic acids is 1. The molecule has 2 N–H and O–H groups in total. The van der Waals surface area contributed by atoms with Crippen LogP contribution in [0.5, 0.6) is 0 Å². The van der Waals surface area contributed by atoms with E-state index in [0.717, 1.165) is 4.31 Å². The highest BCUT2D eigenvalue weighted by Crippen LogP contribution is 2.02. The lowest BCUT2D eigenvalue weighted by atomic mass is 10.2. The molecule has 0 saturated heterocycles. The van der Waals surface area contributed by atoms with Crippen LogP contribution in [0.1, 0.15) is 20.8 Å². The van der Waals surface area contributed by atoms with Crippen molar-refractivity contribution < 1.29 is 17.9 Å². The van der Waals surface area contributed by atoms with E-state index in [-0.39, 0.29) is 25.6 Å². The van der Waals surface area contributed by atoms with Crippen molar-refractivity contribution in [1.82, 2.24) is 4.31 Å². The Kier molecular flexibility index (Phi) is 5.77. The third kappa shape index (κ3) is 6.43. The second-order valence-corrected chi connectivity index (χ2v) is 5.08. The SMILES string of the molecule is CCOC(=O)CN(CC(C)C)S(N)(=O)=O. The molecule has 0 aliphatic heterocycles.